The first-order chi connectivity index (χ1) is 46.9. The van der Waals surface area contributed by atoms with Gasteiger partial charge in [-0.15, -0.1) is 0 Å². The number of carbonyl (C=O) groups is 5. The Hall–Kier alpha value is -8.38. The molecule has 0 saturated carbocycles. The normalized spacial score (nSPS) is 18.1. The van der Waals surface area contributed by atoms with Gasteiger partial charge in [0.25, 0.3) is 11.8 Å². The smallest absolute Gasteiger partial charge is 0.416 e. The van der Waals surface area contributed by atoms with Crippen LogP contribution in [0.3, 0.4) is 0 Å². The van der Waals surface area contributed by atoms with E-state index in [0.717, 1.165) is 91.1 Å². The van der Waals surface area contributed by atoms with Crippen LogP contribution < -0.4 is 10.2 Å². The van der Waals surface area contributed by atoms with Gasteiger partial charge in [0, 0.05) is 115 Å². The van der Waals surface area contributed by atoms with Gasteiger partial charge in [-0.3, -0.25) is 24.5 Å². The zero-order chi connectivity index (χ0) is 69.8. The van der Waals surface area contributed by atoms with Crippen LogP contribution in [0.1, 0.15) is 113 Å². The van der Waals surface area contributed by atoms with Crippen molar-refractivity contribution in [1.29, 1.82) is 0 Å². The van der Waals surface area contributed by atoms with Crippen molar-refractivity contribution in [2.45, 2.75) is 106 Å². The molecule has 3 fully saturated rings. The van der Waals surface area contributed by atoms with Gasteiger partial charge in [-0.2, -0.15) is 26.3 Å². The van der Waals surface area contributed by atoms with Crippen molar-refractivity contribution in [1.82, 2.24) is 29.4 Å². The number of para-hydroxylation sites is 1. The van der Waals surface area contributed by atoms with E-state index in [2.05, 4.69) is 32.1 Å². The Balaban J connectivity index is 0.610. The van der Waals surface area contributed by atoms with E-state index < -0.39 is 64.6 Å². The first-order valence-corrected chi connectivity index (χ1v) is 33.7. The Kier molecular flexibility index (Phi) is 23.7. The highest BCUT2D eigenvalue weighted by atomic mass is 19.4. The first-order valence-electron chi connectivity index (χ1n) is 33.7. The highest BCUT2D eigenvalue weighted by molar-refractivity contribution is 5.95. The molecule has 5 amide bonds. The van der Waals surface area contributed by atoms with Gasteiger partial charge in [0.2, 0.25) is 11.8 Å². The number of ether oxygens (including phenoxy) is 3. The molecule has 3 aliphatic heterocycles. The second-order valence-corrected chi connectivity index (χ2v) is 26.5. The molecule has 524 valence electrons. The van der Waals surface area contributed by atoms with Gasteiger partial charge in [-0.05, 0) is 154 Å². The zero-order valence-electron chi connectivity index (χ0n) is 56.0. The minimum absolute atomic E-state index is 0.0279. The lowest BCUT2D eigenvalue weighted by Gasteiger charge is -2.44. The third-order valence-corrected chi connectivity index (χ3v) is 19.9. The summed E-state index contributed by atoms with van der Waals surface area (Å²) in [4.78, 5) is 79.7. The number of nitrogens with one attached hydrogen (secondary N) is 1. The lowest BCUT2D eigenvalue weighted by molar-refractivity contribution is -0.143. The van der Waals surface area contributed by atoms with Crippen LogP contribution in [0.25, 0.3) is 11.1 Å². The number of hydrogen-bond donors (Lipinski definition) is 1. The molecule has 2 atom stereocenters. The molecule has 98 heavy (non-hydrogen) atoms. The number of carbonyl (C=O) groups excluding carboxylic acids is 5. The average Bonchev–Trinajstić information content (AvgIpc) is 1.58. The van der Waals surface area contributed by atoms with E-state index >= 15 is 0 Å². The number of fused-ring (bicyclic) bond motifs is 2. The molecule has 0 aromatic heterocycles. The Morgan fingerprint density at radius 2 is 1.27 bits per heavy atom. The van der Waals surface area contributed by atoms with E-state index in [1.54, 1.807) is 28.8 Å². The molecule has 1 aliphatic carbocycles. The standard InChI is InChI=1S/C75H87F7N8O8/c1-84(36-14-6-9-22-67(91)86(3)44-45-88-39-31-62(32-40-88)98-71(95)83-65-21-13-11-19-63(65)53-16-7-5-8-17-53)61-29-23-54(24-30-61)69(93)87(4)38-15-37-85(2)68(92)50-96-66-48-55-18-10-12-20-64(55)72(66)33-41-89(42-34-72)43-35-73(57-25-27-60(76)28-26-57)51-90(52-97-73)70(94)56-46-58(74(77,78)79)49-59(47-56)75(80,81)82/h5,7-8,10-13,16-21,23-30,46-47,49,62,66H,6,9,14-15,22,31-45,48,50-52H2,1-4H3,(H,83,95)/t66-,73-/m0/s1. The summed E-state index contributed by atoms with van der Waals surface area (Å²) in [5.41, 5.74) is 1.28. The minimum atomic E-state index is -5.15. The van der Waals surface area contributed by atoms with Crippen LogP contribution in [0.4, 0.5) is 46.9 Å². The number of amides is 5. The fourth-order valence-corrected chi connectivity index (χ4v) is 14.0. The number of anilines is 2. The molecular weight excluding hydrogens is 1270 g/mol. The predicted octanol–water partition coefficient (Wildman–Crippen LogP) is 13.0. The van der Waals surface area contributed by atoms with Gasteiger partial charge in [0.15, 0.2) is 0 Å². The van der Waals surface area contributed by atoms with Crippen molar-refractivity contribution < 1.29 is 68.9 Å². The Bertz CT molecular complexity index is 3660. The molecule has 10 rings (SSSR count). The van der Waals surface area contributed by atoms with Crippen LogP contribution in [0.5, 0.6) is 0 Å². The number of unbranched alkanes of at least 4 members (excludes halogenated alkanes) is 2. The Morgan fingerprint density at radius 1 is 0.633 bits per heavy atom. The van der Waals surface area contributed by atoms with Gasteiger partial charge in [-0.25, -0.2) is 9.18 Å². The molecule has 3 saturated heterocycles. The summed E-state index contributed by atoms with van der Waals surface area (Å²) < 4.78 is 116. The third-order valence-electron chi connectivity index (χ3n) is 19.9. The zero-order valence-corrected chi connectivity index (χ0v) is 56.0. The van der Waals surface area contributed by atoms with E-state index in [9.17, 15) is 54.7 Å². The van der Waals surface area contributed by atoms with Crippen LogP contribution in [0.2, 0.25) is 0 Å². The quantitative estimate of drug-likeness (QED) is 0.0409. The lowest BCUT2D eigenvalue weighted by Crippen LogP contribution is -2.50. The second-order valence-electron chi connectivity index (χ2n) is 26.5. The van der Waals surface area contributed by atoms with Crippen LogP contribution in [-0.4, -0.2) is 185 Å². The van der Waals surface area contributed by atoms with E-state index in [1.165, 1.54) is 24.3 Å². The molecule has 23 heteroatoms. The molecule has 1 spiro atoms. The fraction of sp³-hybridized carbons (Fsp3) is 0.453. The van der Waals surface area contributed by atoms with Crippen LogP contribution in [0, 0.1) is 5.82 Å². The summed E-state index contributed by atoms with van der Waals surface area (Å²) in [5.74, 6) is -1.81. The molecule has 1 N–H and O–H groups in total. The number of likely N-dealkylation sites (N-methyl/N-ethyl adjacent to an activating group) is 2. The van der Waals surface area contributed by atoms with Crippen molar-refractivity contribution in [3.63, 3.8) is 0 Å². The van der Waals surface area contributed by atoms with Gasteiger partial charge >= 0.3 is 18.4 Å². The summed E-state index contributed by atoms with van der Waals surface area (Å²) >= 11 is 0. The molecule has 16 nitrogen and oxygen atoms in total. The third kappa shape index (κ3) is 18.1. The van der Waals surface area contributed by atoms with Crippen LogP contribution in [-0.2, 0) is 53.6 Å². The van der Waals surface area contributed by atoms with Crippen molar-refractivity contribution >= 4 is 41.1 Å². The van der Waals surface area contributed by atoms with E-state index in [4.69, 9.17) is 14.2 Å². The van der Waals surface area contributed by atoms with Crippen molar-refractivity contribution in [3.05, 3.63) is 190 Å². The summed E-state index contributed by atoms with van der Waals surface area (Å²) in [6, 6.07) is 39.5. The van der Waals surface area contributed by atoms with E-state index in [-0.39, 0.29) is 55.6 Å². The van der Waals surface area contributed by atoms with Gasteiger partial charge < -0.3 is 48.5 Å². The summed E-state index contributed by atoms with van der Waals surface area (Å²) in [6.07, 6.45) is -3.97. The summed E-state index contributed by atoms with van der Waals surface area (Å²) in [6.45, 7) is 5.40. The topological polar surface area (TPSA) is 148 Å². The Labute approximate surface area is 568 Å². The second kappa shape index (κ2) is 32.1. The summed E-state index contributed by atoms with van der Waals surface area (Å²) in [7, 11) is 7.33. The molecule has 6 aromatic rings. The maximum atomic E-state index is 14.2. The number of likely N-dealkylation sites (tertiary alicyclic amines) is 2. The van der Waals surface area contributed by atoms with Crippen molar-refractivity contribution in [3.8, 4) is 11.1 Å². The maximum absolute atomic E-state index is 14.2. The van der Waals surface area contributed by atoms with E-state index in [0.29, 0.717) is 100 Å². The molecule has 4 aliphatic rings. The number of rotatable bonds is 26. The SMILES string of the molecule is CN(CCN1CCC(OC(=O)Nc2ccccc2-c2ccccc2)CC1)C(=O)CCCCCN(C)c1ccc(C(=O)N(C)CCCN(C)C(=O)CO[C@H]2Cc3ccccc3C23CCN(CC[C@@]2(c4ccc(F)cc4)CN(C(=O)c4cc(C(F)(F)F)cc(C(F)(F)F)c4)CO2)CC3)cc1. The average molecular weight is 1360 g/mol. The van der Waals surface area contributed by atoms with Gasteiger partial charge in [-0.1, -0.05) is 91.3 Å². The van der Waals surface area contributed by atoms with E-state index in [1.807, 2.05) is 105 Å². The fourth-order valence-electron chi connectivity index (χ4n) is 14.0. The van der Waals surface area contributed by atoms with Crippen LogP contribution >= 0.6 is 0 Å². The highest BCUT2D eigenvalue weighted by Crippen LogP contribution is 2.49. The van der Waals surface area contributed by atoms with Gasteiger partial charge in [0.1, 0.15) is 30.9 Å². The minimum Gasteiger partial charge on any atom is -0.446 e. The van der Waals surface area contributed by atoms with Crippen molar-refractivity contribution in [2.75, 3.05) is 124 Å². The van der Waals surface area contributed by atoms with Crippen LogP contribution in [0.15, 0.2) is 146 Å². The molecule has 3 heterocycles. The largest absolute Gasteiger partial charge is 0.446 e. The van der Waals surface area contributed by atoms with Crippen molar-refractivity contribution in [2.24, 2.45) is 0 Å². The first kappa shape index (κ1) is 72.4. The summed E-state index contributed by atoms with van der Waals surface area (Å²) in [5, 5.41) is 2.93. The lowest BCUT2D eigenvalue weighted by atomic mass is 9.72. The molecule has 0 unspecified atom stereocenters. The van der Waals surface area contributed by atoms with Gasteiger partial charge in [0.05, 0.1) is 29.5 Å². The number of hydrogen-bond acceptors (Lipinski definition) is 11. The maximum Gasteiger partial charge on any atom is 0.416 e. The number of nitrogens with zero attached hydrogens (tertiary/aromatic N) is 7. The molecule has 0 radical (unpaired) electrons. The number of alkyl halides is 6. The number of piperidine rings is 2. The molecule has 0 bridgehead atoms. The molecular formula is C75H87F7N8O8. The highest BCUT2D eigenvalue weighted by Gasteiger charge is 2.50. The monoisotopic (exact) mass is 1360 g/mol. The Morgan fingerprint density at radius 3 is 1.96 bits per heavy atom. The number of benzene rings is 6. The molecule has 6 aromatic carbocycles. The predicted molar refractivity (Wildman–Crippen MR) is 360 cm³/mol. The number of halogens is 7.